The summed E-state index contributed by atoms with van der Waals surface area (Å²) in [6.07, 6.45) is 0.226. The molecule has 158 valence electrons. The molecule has 0 spiro atoms. The first-order valence-corrected chi connectivity index (χ1v) is 11.4. The molecule has 29 heavy (non-hydrogen) atoms. The largest absolute Gasteiger partial charge is 0.491 e. The number of ether oxygens (including phenoxy) is 3. The Labute approximate surface area is 199 Å². The monoisotopic (exact) mass is 570 g/mol. The van der Waals surface area contributed by atoms with Gasteiger partial charge in [0.2, 0.25) is 0 Å². The number of alkyl halides is 2. The molecule has 0 aliphatic carbocycles. The van der Waals surface area contributed by atoms with E-state index in [-0.39, 0.29) is 24.0 Å². The van der Waals surface area contributed by atoms with Crippen molar-refractivity contribution in [3.63, 3.8) is 0 Å². The summed E-state index contributed by atoms with van der Waals surface area (Å²) < 4.78 is 15.3. The minimum Gasteiger partial charge on any atom is -0.491 e. The minimum atomic E-state index is -1.20. The van der Waals surface area contributed by atoms with Gasteiger partial charge in [-0.1, -0.05) is 49.2 Å². The molecule has 0 bridgehead atoms. The maximum absolute atomic E-state index is 10.0. The molecule has 1 N–H and O–H groups in total. The van der Waals surface area contributed by atoms with Crippen LogP contribution in [-0.2, 0) is 10.2 Å². The highest BCUT2D eigenvalue weighted by Crippen LogP contribution is 2.41. The Kier molecular flexibility index (Phi) is 7.50. The van der Waals surface area contributed by atoms with Crippen LogP contribution in [0.4, 0.5) is 0 Å². The van der Waals surface area contributed by atoms with E-state index < -0.39 is 3.61 Å². The van der Waals surface area contributed by atoms with Crippen LogP contribution in [0.1, 0.15) is 25.0 Å². The quantitative estimate of drug-likeness (QED) is 0.234. The van der Waals surface area contributed by atoms with Gasteiger partial charge in [-0.25, -0.2) is 0 Å². The fourth-order valence-corrected chi connectivity index (χ4v) is 3.60. The lowest BCUT2D eigenvalue weighted by atomic mass is 9.78. The molecule has 2 aromatic carbocycles. The van der Waals surface area contributed by atoms with E-state index in [0.717, 1.165) is 23.5 Å². The molecule has 1 aliphatic rings. The van der Waals surface area contributed by atoms with Crippen LogP contribution in [0.3, 0.4) is 0 Å². The van der Waals surface area contributed by atoms with E-state index in [4.69, 9.17) is 49.0 Å². The smallest absolute Gasteiger partial charge is 0.162 e. The Balaban J connectivity index is 1.77. The SMILES string of the molecule is CC(C)(c1ccc(OC[C@H]2CO2)cc1)c1cc(Cl)c(OCC(O)(I)CCl)c(Cl)c1. The Morgan fingerprint density at radius 1 is 1.10 bits per heavy atom. The molecule has 3 rings (SSSR count). The lowest BCUT2D eigenvalue weighted by Crippen LogP contribution is -2.30. The molecule has 1 heterocycles. The zero-order valence-corrected chi connectivity index (χ0v) is 20.5. The van der Waals surface area contributed by atoms with Gasteiger partial charge < -0.3 is 19.3 Å². The fourth-order valence-electron chi connectivity index (χ4n) is 2.77. The van der Waals surface area contributed by atoms with Crippen molar-refractivity contribution in [2.24, 2.45) is 0 Å². The van der Waals surface area contributed by atoms with E-state index in [1.807, 2.05) is 59.0 Å². The summed E-state index contributed by atoms with van der Waals surface area (Å²) in [5.74, 6) is 1.17. The second-order valence-electron chi connectivity index (χ2n) is 7.53. The Hall–Kier alpha value is -0.440. The van der Waals surface area contributed by atoms with Crippen LogP contribution in [0.25, 0.3) is 0 Å². The van der Waals surface area contributed by atoms with Crippen molar-refractivity contribution in [3.8, 4) is 11.5 Å². The van der Waals surface area contributed by atoms with Gasteiger partial charge in [-0.15, -0.1) is 11.6 Å². The van der Waals surface area contributed by atoms with E-state index in [1.54, 1.807) is 0 Å². The van der Waals surface area contributed by atoms with E-state index in [1.165, 1.54) is 0 Å². The van der Waals surface area contributed by atoms with Crippen LogP contribution < -0.4 is 9.47 Å². The van der Waals surface area contributed by atoms with Gasteiger partial charge in [0.15, 0.2) is 9.36 Å². The maximum atomic E-state index is 10.0. The molecule has 2 atom stereocenters. The van der Waals surface area contributed by atoms with E-state index >= 15 is 0 Å². The second kappa shape index (κ2) is 9.37. The molecule has 0 aromatic heterocycles. The van der Waals surface area contributed by atoms with Crippen molar-refractivity contribution in [2.45, 2.75) is 29.0 Å². The molecule has 1 fully saturated rings. The second-order valence-corrected chi connectivity index (χ2v) is 10.6. The average Bonchev–Trinajstić information content (AvgIpc) is 3.50. The predicted molar refractivity (Wildman–Crippen MR) is 125 cm³/mol. The summed E-state index contributed by atoms with van der Waals surface area (Å²) in [6, 6.07) is 11.6. The third kappa shape index (κ3) is 6.05. The van der Waals surface area contributed by atoms with Crippen LogP contribution in [0, 0.1) is 0 Å². The van der Waals surface area contributed by atoms with E-state index in [9.17, 15) is 5.11 Å². The summed E-state index contributed by atoms with van der Waals surface area (Å²) in [6.45, 7) is 5.52. The summed E-state index contributed by atoms with van der Waals surface area (Å²) in [5, 5.41) is 10.8. The Morgan fingerprint density at radius 3 is 2.21 bits per heavy atom. The molecular weight excluding hydrogens is 549 g/mol. The summed E-state index contributed by atoms with van der Waals surface area (Å²) in [4.78, 5) is 0. The molecule has 0 amide bonds. The zero-order valence-electron chi connectivity index (χ0n) is 16.1. The highest BCUT2D eigenvalue weighted by Gasteiger charge is 2.28. The third-order valence-electron chi connectivity index (χ3n) is 4.78. The molecule has 0 radical (unpaired) electrons. The number of rotatable bonds is 9. The topological polar surface area (TPSA) is 51.2 Å². The third-order valence-corrected chi connectivity index (χ3v) is 6.92. The van der Waals surface area contributed by atoms with Gasteiger partial charge in [0, 0.05) is 5.41 Å². The van der Waals surface area contributed by atoms with Crippen LogP contribution >= 0.6 is 57.4 Å². The number of epoxide rings is 1. The average molecular weight is 572 g/mol. The molecule has 8 heteroatoms. The lowest BCUT2D eigenvalue weighted by molar-refractivity contribution is 0.110. The molecule has 1 saturated heterocycles. The summed E-state index contributed by atoms with van der Waals surface area (Å²) in [7, 11) is 0. The molecular formula is C21H22Cl3IO4. The lowest BCUT2D eigenvalue weighted by Gasteiger charge is -2.28. The first kappa shape index (κ1) is 23.2. The minimum absolute atomic E-state index is 0.0212. The summed E-state index contributed by atoms with van der Waals surface area (Å²) in [5.41, 5.74) is 1.70. The Morgan fingerprint density at radius 2 is 1.69 bits per heavy atom. The molecule has 0 saturated carbocycles. The highest BCUT2D eigenvalue weighted by molar-refractivity contribution is 14.1. The molecule has 1 unspecified atom stereocenters. The van der Waals surface area contributed by atoms with Gasteiger partial charge in [0.1, 0.15) is 25.1 Å². The van der Waals surface area contributed by atoms with Crippen molar-refractivity contribution in [1.29, 1.82) is 0 Å². The van der Waals surface area contributed by atoms with Gasteiger partial charge in [0.25, 0.3) is 0 Å². The number of hydrogen-bond acceptors (Lipinski definition) is 4. The van der Waals surface area contributed by atoms with Crippen molar-refractivity contribution in [3.05, 3.63) is 57.6 Å². The first-order valence-electron chi connectivity index (χ1n) is 9.07. The maximum Gasteiger partial charge on any atom is 0.162 e. The van der Waals surface area contributed by atoms with Crippen molar-refractivity contribution in [1.82, 2.24) is 0 Å². The van der Waals surface area contributed by atoms with Crippen LogP contribution in [0.15, 0.2) is 36.4 Å². The first-order chi connectivity index (χ1) is 13.6. The highest BCUT2D eigenvalue weighted by atomic mass is 127. The van der Waals surface area contributed by atoms with E-state index in [2.05, 4.69) is 13.8 Å². The van der Waals surface area contributed by atoms with Crippen molar-refractivity contribution < 1.29 is 19.3 Å². The van der Waals surface area contributed by atoms with Crippen molar-refractivity contribution >= 4 is 57.4 Å². The van der Waals surface area contributed by atoms with E-state index in [0.29, 0.717) is 22.4 Å². The normalized spacial score (nSPS) is 18.2. The number of hydrogen-bond donors (Lipinski definition) is 1. The van der Waals surface area contributed by atoms with Crippen LogP contribution in [-0.4, -0.2) is 40.5 Å². The predicted octanol–water partition coefficient (Wildman–Crippen LogP) is 5.84. The van der Waals surface area contributed by atoms with Gasteiger partial charge in [-0.2, -0.15) is 0 Å². The Bertz CT molecular complexity index is 828. The molecule has 1 aliphatic heterocycles. The van der Waals surface area contributed by atoms with Gasteiger partial charge in [0.05, 0.1) is 22.5 Å². The number of benzene rings is 2. The summed E-state index contributed by atoms with van der Waals surface area (Å²) >= 11 is 20.4. The fraction of sp³-hybridized carbons (Fsp3) is 0.429. The van der Waals surface area contributed by atoms with Gasteiger partial charge in [-0.3, -0.25) is 0 Å². The number of halogens is 4. The van der Waals surface area contributed by atoms with Crippen molar-refractivity contribution in [2.75, 3.05) is 25.7 Å². The molecule has 4 nitrogen and oxygen atoms in total. The molecule has 2 aromatic rings. The number of aliphatic hydroxyl groups is 1. The van der Waals surface area contributed by atoms with Gasteiger partial charge in [-0.05, 0) is 58.0 Å². The standard InChI is InChI=1S/C21H22Cl3IO4/c1-20(2,13-3-5-15(6-4-13)27-9-16-10-28-16)14-7-17(23)19(18(24)8-14)29-12-21(25,26)11-22/h3-8,16,26H,9-12H2,1-2H3/t16-,21?/m0/s1. The van der Waals surface area contributed by atoms with Crippen LogP contribution in [0.5, 0.6) is 11.5 Å². The zero-order chi connectivity index (χ0) is 21.2. The van der Waals surface area contributed by atoms with Gasteiger partial charge >= 0.3 is 0 Å². The van der Waals surface area contributed by atoms with Crippen LogP contribution in [0.2, 0.25) is 10.0 Å².